The predicted octanol–water partition coefficient (Wildman–Crippen LogP) is 8.57. The third-order valence-corrected chi connectivity index (χ3v) is 10.9. The van der Waals surface area contributed by atoms with Crippen molar-refractivity contribution in [2.75, 3.05) is 13.2 Å². The highest BCUT2D eigenvalue weighted by Crippen LogP contribution is 2.27. The zero-order valence-corrected chi connectivity index (χ0v) is 33.2. The van der Waals surface area contributed by atoms with Gasteiger partial charge in [-0.05, 0) is 43.4 Å². The first-order chi connectivity index (χ1) is 26.4. The van der Waals surface area contributed by atoms with Gasteiger partial charge in [-0.3, -0.25) is 5.32 Å². The van der Waals surface area contributed by atoms with Gasteiger partial charge < -0.3 is 35.0 Å². The fourth-order valence-electron chi connectivity index (χ4n) is 7.28. The summed E-state index contributed by atoms with van der Waals surface area (Å²) in [6.07, 6.45) is 8.18. The zero-order chi connectivity index (χ0) is 40.5. The lowest BCUT2D eigenvalue weighted by molar-refractivity contribution is -0.303. The van der Waals surface area contributed by atoms with Crippen molar-refractivity contribution < 1.29 is 57.0 Å². The Balaban J connectivity index is 1.80. The highest BCUT2D eigenvalue weighted by Gasteiger charge is 2.45. The van der Waals surface area contributed by atoms with Crippen LogP contribution < -0.4 is 5.32 Å². The molecule has 1 fully saturated rings. The van der Waals surface area contributed by atoms with E-state index in [4.69, 9.17) is 9.47 Å². The van der Waals surface area contributed by atoms with Crippen LogP contribution in [0.3, 0.4) is 0 Å². The molecule has 0 bridgehead atoms. The van der Waals surface area contributed by atoms with Crippen LogP contribution in [-0.2, 0) is 15.9 Å². The molecule has 0 radical (unpaired) electrons. The summed E-state index contributed by atoms with van der Waals surface area (Å²) in [7, 11) is 0. The van der Waals surface area contributed by atoms with E-state index >= 15 is 0 Å². The summed E-state index contributed by atoms with van der Waals surface area (Å²) < 4.78 is 80.4. The third-order valence-electron chi connectivity index (χ3n) is 10.9. The van der Waals surface area contributed by atoms with E-state index in [0.717, 1.165) is 75.8 Å². The summed E-state index contributed by atoms with van der Waals surface area (Å²) in [4.78, 5) is 0. The molecule has 322 valence electrons. The maximum atomic E-state index is 14.3. The molecule has 1 heterocycles. The lowest BCUT2D eigenvalue weighted by Gasteiger charge is -2.40. The Morgan fingerprint density at radius 3 is 1.71 bits per heavy atom. The van der Waals surface area contributed by atoms with Crippen LogP contribution in [0.25, 0.3) is 0 Å². The molecule has 8 atom stereocenters. The van der Waals surface area contributed by atoms with Gasteiger partial charge in [-0.25, -0.2) is 8.78 Å². The molecule has 8 nitrogen and oxygen atoms in total. The first kappa shape index (κ1) is 49.7. The van der Waals surface area contributed by atoms with Crippen molar-refractivity contribution in [2.24, 2.45) is 0 Å². The highest BCUT2D eigenvalue weighted by molar-refractivity contribution is 5.17. The van der Waals surface area contributed by atoms with E-state index in [0.29, 0.717) is 25.7 Å². The number of unbranched alkanes of at least 4 members (excludes halogenated alkanes) is 19. The Bertz CT molecular complexity index is 1100. The van der Waals surface area contributed by atoms with Gasteiger partial charge in [0.05, 0.1) is 25.4 Å². The maximum absolute atomic E-state index is 14.3. The normalized spacial score (nSPS) is 22.2. The van der Waals surface area contributed by atoms with Crippen molar-refractivity contribution in [1.82, 2.24) is 5.32 Å². The van der Waals surface area contributed by atoms with E-state index in [1.54, 1.807) is 6.07 Å². The van der Waals surface area contributed by atoms with E-state index in [-0.39, 0.29) is 12.8 Å². The first-order valence-electron chi connectivity index (χ1n) is 21.3. The van der Waals surface area contributed by atoms with Gasteiger partial charge in [0.15, 0.2) is 17.9 Å². The summed E-state index contributed by atoms with van der Waals surface area (Å²) in [5.74, 6) is -1.71. The van der Waals surface area contributed by atoms with E-state index in [1.165, 1.54) is 57.4 Å². The molecular formula is C42H72F5NO7. The van der Waals surface area contributed by atoms with Gasteiger partial charge in [0, 0.05) is 0 Å². The average Bonchev–Trinajstić information content (AvgIpc) is 3.15. The van der Waals surface area contributed by atoms with Crippen molar-refractivity contribution >= 4 is 0 Å². The largest absolute Gasteiger partial charge is 0.403 e. The lowest BCUT2D eigenvalue weighted by atomic mass is 9.98. The third kappa shape index (κ3) is 20.7. The summed E-state index contributed by atoms with van der Waals surface area (Å²) in [5, 5.41) is 53.9. The minimum atomic E-state index is -4.59. The average molecular weight is 798 g/mol. The van der Waals surface area contributed by atoms with Gasteiger partial charge >= 0.3 is 6.18 Å². The molecule has 6 N–H and O–H groups in total. The Morgan fingerprint density at radius 2 is 1.20 bits per heavy atom. The van der Waals surface area contributed by atoms with Crippen LogP contribution in [0, 0.1) is 11.6 Å². The predicted molar refractivity (Wildman–Crippen MR) is 204 cm³/mol. The standard InChI is InChI=1S/C42H72F5NO7/c1-2-3-4-5-6-7-8-9-10-11-15-18-21-24-35(50)34(30-54-41-40(53)39(52)38(51)36(29-49)55-41)48-37(42(45,46)47)25-22-19-16-13-12-14-17-20-23-31-26-27-32(43)33(44)28-31/h26-28,34-41,48-53H,2-25,29-30H2,1H3/t34-,35+,36?,37?,38?,39?,40?,41?/m0/s1. The Labute approximate surface area is 326 Å². The van der Waals surface area contributed by atoms with Crippen LogP contribution in [-0.4, -0.2) is 93.8 Å². The fourth-order valence-corrected chi connectivity index (χ4v) is 7.28. The summed E-state index contributed by atoms with van der Waals surface area (Å²) in [5.41, 5.74) is 0.751. The Hall–Kier alpha value is -1.45. The number of nitrogens with one attached hydrogen (secondary N) is 1. The van der Waals surface area contributed by atoms with Crippen LogP contribution >= 0.6 is 0 Å². The number of aryl methyl sites for hydroxylation is 1. The van der Waals surface area contributed by atoms with Crippen LogP contribution in [0.5, 0.6) is 0 Å². The molecule has 1 aliphatic rings. The van der Waals surface area contributed by atoms with Crippen molar-refractivity contribution in [2.45, 2.75) is 216 Å². The number of aliphatic hydroxyl groups excluding tert-OH is 5. The molecule has 1 aromatic carbocycles. The number of rotatable bonds is 32. The molecule has 0 aromatic heterocycles. The Kier molecular flexibility index (Phi) is 26.1. The first-order valence-corrected chi connectivity index (χ1v) is 21.3. The van der Waals surface area contributed by atoms with Crippen molar-refractivity contribution in [3.05, 3.63) is 35.4 Å². The fraction of sp³-hybridized carbons (Fsp3) is 0.857. The van der Waals surface area contributed by atoms with E-state index < -0.39 is 79.9 Å². The van der Waals surface area contributed by atoms with Crippen molar-refractivity contribution in [1.29, 1.82) is 0 Å². The molecular weight excluding hydrogens is 725 g/mol. The molecule has 2 rings (SSSR count). The van der Waals surface area contributed by atoms with Crippen LogP contribution in [0.4, 0.5) is 22.0 Å². The summed E-state index contributed by atoms with van der Waals surface area (Å²) in [6, 6.07) is 0.856. The zero-order valence-electron chi connectivity index (χ0n) is 33.2. The van der Waals surface area contributed by atoms with Gasteiger partial charge in [-0.1, -0.05) is 141 Å². The van der Waals surface area contributed by atoms with E-state index in [1.807, 2.05) is 0 Å². The van der Waals surface area contributed by atoms with Gasteiger partial charge in [-0.15, -0.1) is 0 Å². The molecule has 1 aromatic rings. The van der Waals surface area contributed by atoms with Crippen LogP contribution in [0.1, 0.15) is 160 Å². The number of benzene rings is 1. The topological polar surface area (TPSA) is 132 Å². The molecule has 0 spiro atoms. The smallest absolute Gasteiger partial charge is 0.394 e. The summed E-state index contributed by atoms with van der Waals surface area (Å²) in [6.45, 7) is 1.07. The van der Waals surface area contributed by atoms with Gasteiger partial charge in [0.2, 0.25) is 0 Å². The summed E-state index contributed by atoms with van der Waals surface area (Å²) >= 11 is 0. The molecule has 0 saturated carbocycles. The molecule has 0 aliphatic carbocycles. The quantitative estimate of drug-likeness (QED) is 0.0316. The van der Waals surface area contributed by atoms with Crippen molar-refractivity contribution in [3.8, 4) is 0 Å². The molecule has 13 heteroatoms. The number of alkyl halides is 3. The van der Waals surface area contributed by atoms with E-state index in [9.17, 15) is 47.5 Å². The minimum Gasteiger partial charge on any atom is -0.394 e. The van der Waals surface area contributed by atoms with Crippen LogP contribution in [0.15, 0.2) is 18.2 Å². The Morgan fingerprint density at radius 1 is 0.691 bits per heavy atom. The van der Waals surface area contributed by atoms with Gasteiger partial charge in [-0.2, -0.15) is 13.2 Å². The van der Waals surface area contributed by atoms with Gasteiger partial charge in [0.25, 0.3) is 0 Å². The molecule has 1 aliphatic heterocycles. The molecule has 6 unspecified atom stereocenters. The second-order valence-corrected chi connectivity index (χ2v) is 15.6. The van der Waals surface area contributed by atoms with Crippen LogP contribution in [0.2, 0.25) is 0 Å². The van der Waals surface area contributed by atoms with E-state index in [2.05, 4.69) is 12.2 Å². The monoisotopic (exact) mass is 798 g/mol. The highest BCUT2D eigenvalue weighted by atomic mass is 19.4. The number of aliphatic hydroxyl groups is 5. The van der Waals surface area contributed by atoms with Crippen molar-refractivity contribution in [3.63, 3.8) is 0 Å². The number of hydrogen-bond acceptors (Lipinski definition) is 8. The molecule has 0 amide bonds. The number of hydrogen-bond donors (Lipinski definition) is 6. The second-order valence-electron chi connectivity index (χ2n) is 15.6. The lowest BCUT2D eigenvalue weighted by Crippen LogP contribution is -2.60. The molecule has 55 heavy (non-hydrogen) atoms. The number of ether oxygens (including phenoxy) is 2. The second kappa shape index (κ2) is 28.9. The SMILES string of the molecule is CCCCCCCCCCCCCCC[C@@H](O)[C@H](COC1OC(CO)C(O)C(O)C1O)NC(CCCCCCCCCCc1ccc(F)c(F)c1)C(F)(F)F. The minimum absolute atomic E-state index is 0.195. The molecule has 1 saturated heterocycles. The van der Waals surface area contributed by atoms with Gasteiger partial charge in [0.1, 0.15) is 30.5 Å². The number of halogens is 5. The maximum Gasteiger partial charge on any atom is 0.403 e.